The van der Waals surface area contributed by atoms with Crippen LogP contribution in [-0.4, -0.2) is 37.0 Å². The largest absolute Gasteiger partial charge is 0.353 e. The van der Waals surface area contributed by atoms with Crippen LogP contribution in [0.25, 0.3) is 0 Å². The van der Waals surface area contributed by atoms with Crippen molar-refractivity contribution >= 4 is 5.91 Å². The molecule has 1 heterocycles. The first kappa shape index (κ1) is 12.4. The second-order valence-corrected chi connectivity index (χ2v) is 5.21. The Morgan fingerprint density at radius 2 is 1.88 bits per heavy atom. The Morgan fingerprint density at radius 1 is 1.24 bits per heavy atom. The highest BCUT2D eigenvalue weighted by Gasteiger charge is 2.41. The standard InChI is InChI=1S/C13H21N3O/c14-11-13(5-1-2-6-13)12(17)15-7-10-16-8-3-4-9-16/h1-10H2,(H,15,17). The van der Waals surface area contributed by atoms with Gasteiger partial charge >= 0.3 is 0 Å². The number of carbonyl (C=O) groups is 1. The summed E-state index contributed by atoms with van der Waals surface area (Å²) in [5.41, 5.74) is -0.717. The van der Waals surface area contributed by atoms with E-state index in [0.29, 0.717) is 6.54 Å². The van der Waals surface area contributed by atoms with Crippen LogP contribution in [0.1, 0.15) is 38.5 Å². The molecule has 0 unspecified atom stereocenters. The van der Waals surface area contributed by atoms with E-state index in [0.717, 1.165) is 45.3 Å². The molecule has 0 aromatic carbocycles. The molecule has 2 fully saturated rings. The van der Waals surface area contributed by atoms with Gasteiger partial charge in [0, 0.05) is 13.1 Å². The van der Waals surface area contributed by atoms with Gasteiger partial charge in [-0.3, -0.25) is 4.79 Å². The van der Waals surface area contributed by atoms with Crippen molar-refractivity contribution in [3.63, 3.8) is 0 Å². The summed E-state index contributed by atoms with van der Waals surface area (Å²) >= 11 is 0. The van der Waals surface area contributed by atoms with Gasteiger partial charge in [0.25, 0.3) is 0 Å². The van der Waals surface area contributed by atoms with Gasteiger partial charge in [-0.25, -0.2) is 0 Å². The molecule has 0 spiro atoms. The molecular formula is C13H21N3O. The van der Waals surface area contributed by atoms with Crippen LogP contribution in [0.2, 0.25) is 0 Å². The number of nitrogens with zero attached hydrogens (tertiary/aromatic N) is 2. The maximum absolute atomic E-state index is 12.0. The van der Waals surface area contributed by atoms with Gasteiger partial charge < -0.3 is 10.2 Å². The minimum atomic E-state index is -0.717. The fraction of sp³-hybridized carbons (Fsp3) is 0.846. The van der Waals surface area contributed by atoms with E-state index < -0.39 is 5.41 Å². The Kier molecular flexibility index (Phi) is 4.01. The maximum Gasteiger partial charge on any atom is 0.240 e. The lowest BCUT2D eigenvalue weighted by Gasteiger charge is -2.21. The van der Waals surface area contributed by atoms with E-state index in [1.165, 1.54) is 12.8 Å². The number of rotatable bonds is 4. The van der Waals surface area contributed by atoms with Gasteiger partial charge in [0.15, 0.2) is 0 Å². The molecule has 17 heavy (non-hydrogen) atoms. The fourth-order valence-electron chi connectivity index (χ4n) is 2.87. The summed E-state index contributed by atoms with van der Waals surface area (Å²) in [6, 6.07) is 2.23. The fourth-order valence-corrected chi connectivity index (χ4v) is 2.87. The zero-order valence-corrected chi connectivity index (χ0v) is 10.4. The maximum atomic E-state index is 12.0. The van der Waals surface area contributed by atoms with Crippen molar-refractivity contribution < 1.29 is 4.79 Å². The molecule has 2 aliphatic rings. The number of likely N-dealkylation sites (tertiary alicyclic amines) is 1. The summed E-state index contributed by atoms with van der Waals surface area (Å²) in [6.07, 6.45) is 6.03. The van der Waals surface area contributed by atoms with E-state index >= 15 is 0 Å². The molecule has 0 bridgehead atoms. The first-order valence-electron chi connectivity index (χ1n) is 6.69. The van der Waals surface area contributed by atoms with Crippen LogP contribution < -0.4 is 5.32 Å². The Morgan fingerprint density at radius 3 is 2.47 bits per heavy atom. The summed E-state index contributed by atoms with van der Waals surface area (Å²) in [4.78, 5) is 14.4. The van der Waals surface area contributed by atoms with Gasteiger partial charge in [0.05, 0.1) is 6.07 Å². The summed E-state index contributed by atoms with van der Waals surface area (Å²) in [5.74, 6) is -0.0447. The molecule has 1 saturated carbocycles. The topological polar surface area (TPSA) is 56.1 Å². The van der Waals surface area contributed by atoms with Crippen LogP contribution >= 0.6 is 0 Å². The van der Waals surface area contributed by atoms with Crippen molar-refractivity contribution in [3.8, 4) is 6.07 Å². The Labute approximate surface area is 103 Å². The van der Waals surface area contributed by atoms with Crippen molar-refractivity contribution in [1.29, 1.82) is 5.26 Å². The van der Waals surface area contributed by atoms with E-state index in [1.807, 2.05) is 0 Å². The number of hydrogen-bond acceptors (Lipinski definition) is 3. The van der Waals surface area contributed by atoms with E-state index in [1.54, 1.807) is 0 Å². The third-order valence-corrected chi connectivity index (χ3v) is 4.02. The van der Waals surface area contributed by atoms with Crippen LogP contribution in [0.4, 0.5) is 0 Å². The Hall–Kier alpha value is -1.08. The zero-order chi connectivity index (χ0) is 12.1. The molecule has 1 aliphatic heterocycles. The number of carbonyl (C=O) groups excluding carboxylic acids is 1. The smallest absolute Gasteiger partial charge is 0.240 e. The summed E-state index contributed by atoms with van der Waals surface area (Å²) in [6.45, 7) is 3.91. The number of nitriles is 1. The van der Waals surface area contributed by atoms with Gasteiger partial charge in [-0.1, -0.05) is 12.8 Å². The minimum Gasteiger partial charge on any atom is -0.353 e. The minimum absolute atomic E-state index is 0.0447. The van der Waals surface area contributed by atoms with Gasteiger partial charge in [-0.15, -0.1) is 0 Å². The molecule has 2 rings (SSSR count). The molecule has 0 aromatic rings. The highest BCUT2D eigenvalue weighted by molar-refractivity contribution is 5.85. The summed E-state index contributed by atoms with van der Waals surface area (Å²) in [5, 5.41) is 12.1. The molecule has 94 valence electrons. The second-order valence-electron chi connectivity index (χ2n) is 5.21. The molecule has 4 heteroatoms. The highest BCUT2D eigenvalue weighted by Crippen LogP contribution is 2.37. The Bertz CT molecular complexity index is 309. The quantitative estimate of drug-likeness (QED) is 0.798. The van der Waals surface area contributed by atoms with Gasteiger partial charge in [-0.05, 0) is 38.8 Å². The van der Waals surface area contributed by atoms with Crippen molar-refractivity contribution in [3.05, 3.63) is 0 Å². The molecule has 1 saturated heterocycles. The number of amides is 1. The predicted molar refractivity (Wildman–Crippen MR) is 65.2 cm³/mol. The van der Waals surface area contributed by atoms with Crippen LogP contribution in [0, 0.1) is 16.7 Å². The third-order valence-electron chi connectivity index (χ3n) is 4.02. The van der Waals surface area contributed by atoms with Gasteiger partial charge in [0.2, 0.25) is 5.91 Å². The van der Waals surface area contributed by atoms with Crippen LogP contribution in [-0.2, 0) is 4.79 Å². The summed E-state index contributed by atoms with van der Waals surface area (Å²) < 4.78 is 0. The third kappa shape index (κ3) is 2.78. The highest BCUT2D eigenvalue weighted by atomic mass is 16.2. The Balaban J connectivity index is 1.74. The number of hydrogen-bond donors (Lipinski definition) is 1. The lowest BCUT2D eigenvalue weighted by Crippen LogP contribution is -2.41. The first-order chi connectivity index (χ1) is 8.27. The molecule has 0 radical (unpaired) electrons. The monoisotopic (exact) mass is 235 g/mol. The van der Waals surface area contributed by atoms with Crippen LogP contribution in [0.5, 0.6) is 0 Å². The van der Waals surface area contributed by atoms with Gasteiger partial charge in [0.1, 0.15) is 5.41 Å². The molecular weight excluding hydrogens is 214 g/mol. The molecule has 4 nitrogen and oxygen atoms in total. The van der Waals surface area contributed by atoms with E-state index in [2.05, 4.69) is 16.3 Å². The average Bonchev–Trinajstić information content (AvgIpc) is 3.00. The van der Waals surface area contributed by atoms with E-state index in [4.69, 9.17) is 0 Å². The normalized spacial score (nSPS) is 23.5. The van der Waals surface area contributed by atoms with Crippen molar-refractivity contribution in [2.75, 3.05) is 26.2 Å². The summed E-state index contributed by atoms with van der Waals surface area (Å²) in [7, 11) is 0. The average molecular weight is 235 g/mol. The van der Waals surface area contributed by atoms with E-state index in [9.17, 15) is 10.1 Å². The van der Waals surface area contributed by atoms with Gasteiger partial charge in [-0.2, -0.15) is 5.26 Å². The number of nitrogens with one attached hydrogen (secondary N) is 1. The van der Waals surface area contributed by atoms with E-state index in [-0.39, 0.29) is 5.91 Å². The SMILES string of the molecule is N#CC1(C(=O)NCCN2CCCC2)CCCC1. The van der Waals surface area contributed by atoms with Crippen LogP contribution in [0.15, 0.2) is 0 Å². The van der Waals surface area contributed by atoms with Crippen molar-refractivity contribution in [2.24, 2.45) is 5.41 Å². The van der Waals surface area contributed by atoms with Crippen molar-refractivity contribution in [1.82, 2.24) is 10.2 Å². The molecule has 1 amide bonds. The van der Waals surface area contributed by atoms with Crippen molar-refractivity contribution in [2.45, 2.75) is 38.5 Å². The molecule has 1 aliphatic carbocycles. The molecule has 0 atom stereocenters. The lowest BCUT2D eigenvalue weighted by atomic mass is 9.87. The molecule has 1 N–H and O–H groups in total. The predicted octanol–water partition coefficient (Wildman–Crippen LogP) is 1.28. The first-order valence-corrected chi connectivity index (χ1v) is 6.69. The lowest BCUT2D eigenvalue weighted by molar-refractivity contribution is -0.127. The molecule has 0 aromatic heterocycles. The second kappa shape index (κ2) is 5.50. The van der Waals surface area contributed by atoms with Crippen LogP contribution in [0.3, 0.4) is 0 Å². The zero-order valence-electron chi connectivity index (χ0n) is 10.4.